The van der Waals surface area contributed by atoms with Crippen molar-refractivity contribution < 1.29 is 13.6 Å². The summed E-state index contributed by atoms with van der Waals surface area (Å²) in [5.74, 6) is -1.57. The van der Waals surface area contributed by atoms with Crippen molar-refractivity contribution in [3.63, 3.8) is 0 Å². The van der Waals surface area contributed by atoms with Crippen LogP contribution in [0.3, 0.4) is 0 Å². The number of nitrogens with one attached hydrogen (secondary N) is 1. The molecular formula is C18H20F2N4O. The van der Waals surface area contributed by atoms with Gasteiger partial charge in [0.05, 0.1) is 0 Å². The van der Waals surface area contributed by atoms with Crippen molar-refractivity contribution in [2.75, 3.05) is 25.0 Å². The third kappa shape index (κ3) is 4.10. The highest BCUT2D eigenvalue weighted by Gasteiger charge is 2.35. The molecule has 1 aliphatic rings. The molecule has 7 heteroatoms. The second-order valence-corrected chi connectivity index (χ2v) is 6.02. The molecular weight excluding hydrogens is 326 g/mol. The van der Waals surface area contributed by atoms with Crippen molar-refractivity contribution >= 4 is 11.7 Å². The minimum atomic E-state index is -2.66. The number of carbonyl (C=O) groups excluding carboxylic acids is 1. The lowest BCUT2D eigenvalue weighted by Gasteiger charge is -2.31. The molecule has 1 amide bonds. The number of alkyl halides is 2. The molecule has 0 aliphatic carbocycles. The van der Waals surface area contributed by atoms with Crippen molar-refractivity contribution in [1.29, 1.82) is 0 Å². The van der Waals surface area contributed by atoms with Crippen LogP contribution < -0.4 is 5.32 Å². The Labute approximate surface area is 145 Å². The van der Waals surface area contributed by atoms with Crippen LogP contribution in [-0.4, -0.2) is 46.3 Å². The van der Waals surface area contributed by atoms with Crippen molar-refractivity contribution in [1.82, 2.24) is 14.9 Å². The number of carbonyl (C=O) groups is 1. The second-order valence-electron chi connectivity index (χ2n) is 6.02. The van der Waals surface area contributed by atoms with E-state index in [2.05, 4.69) is 15.3 Å². The highest BCUT2D eigenvalue weighted by Crippen LogP contribution is 2.28. The molecule has 0 spiro atoms. The van der Waals surface area contributed by atoms with Crippen LogP contribution >= 0.6 is 0 Å². The van der Waals surface area contributed by atoms with E-state index in [0.717, 1.165) is 17.9 Å². The second kappa shape index (κ2) is 7.13. The topological polar surface area (TPSA) is 58.1 Å². The minimum absolute atomic E-state index is 0.0848. The molecule has 2 heterocycles. The minimum Gasteiger partial charge on any atom is -0.370 e. The Bertz CT molecular complexity index is 739. The fourth-order valence-corrected chi connectivity index (χ4v) is 2.76. The first-order valence-corrected chi connectivity index (χ1v) is 8.33. The van der Waals surface area contributed by atoms with Gasteiger partial charge in [-0.1, -0.05) is 12.1 Å². The van der Waals surface area contributed by atoms with Crippen LogP contribution in [0.2, 0.25) is 0 Å². The van der Waals surface area contributed by atoms with Gasteiger partial charge in [-0.05, 0) is 25.1 Å². The standard InChI is InChI=1S/C18H20F2N4O/c1-2-21-15-7-10-22-16(23-15)13-3-5-14(6-4-13)17(25)24-11-8-18(19,20)9-12-24/h3-7,10H,2,8-9,11-12H2,1H3,(H,21,22,23). The Morgan fingerprint density at radius 1 is 1.20 bits per heavy atom. The third-order valence-corrected chi connectivity index (χ3v) is 4.19. The summed E-state index contributed by atoms with van der Waals surface area (Å²) in [7, 11) is 0. The largest absolute Gasteiger partial charge is 0.370 e. The smallest absolute Gasteiger partial charge is 0.253 e. The predicted octanol–water partition coefficient (Wildman–Crippen LogP) is 3.45. The molecule has 0 saturated carbocycles. The van der Waals surface area contributed by atoms with Gasteiger partial charge < -0.3 is 10.2 Å². The van der Waals surface area contributed by atoms with Gasteiger partial charge in [-0.3, -0.25) is 4.79 Å². The Morgan fingerprint density at radius 3 is 2.52 bits per heavy atom. The summed E-state index contributed by atoms with van der Waals surface area (Å²) in [5.41, 5.74) is 1.28. The number of amides is 1. The molecule has 0 atom stereocenters. The molecule has 1 aliphatic heterocycles. The first-order chi connectivity index (χ1) is 12.0. The van der Waals surface area contributed by atoms with E-state index in [1.807, 2.05) is 6.92 Å². The summed E-state index contributed by atoms with van der Waals surface area (Å²) >= 11 is 0. The summed E-state index contributed by atoms with van der Waals surface area (Å²) < 4.78 is 26.4. The van der Waals surface area contributed by atoms with Crippen molar-refractivity contribution in [2.45, 2.75) is 25.7 Å². The molecule has 5 nitrogen and oxygen atoms in total. The van der Waals surface area contributed by atoms with Crippen LogP contribution in [0.1, 0.15) is 30.1 Å². The lowest BCUT2D eigenvalue weighted by Crippen LogP contribution is -2.42. The predicted molar refractivity (Wildman–Crippen MR) is 91.7 cm³/mol. The van der Waals surface area contributed by atoms with Crippen LogP contribution in [0.5, 0.6) is 0 Å². The summed E-state index contributed by atoms with van der Waals surface area (Å²) in [4.78, 5) is 22.6. The van der Waals surface area contributed by atoms with Gasteiger partial charge in [-0.15, -0.1) is 0 Å². The zero-order valence-electron chi connectivity index (χ0n) is 14.0. The van der Waals surface area contributed by atoms with Crippen LogP contribution in [0.4, 0.5) is 14.6 Å². The summed E-state index contributed by atoms with van der Waals surface area (Å²) in [5, 5.41) is 3.12. The molecule has 25 heavy (non-hydrogen) atoms. The third-order valence-electron chi connectivity index (χ3n) is 4.19. The van der Waals surface area contributed by atoms with Crippen LogP contribution in [0, 0.1) is 0 Å². The number of anilines is 1. The van der Waals surface area contributed by atoms with E-state index in [1.54, 1.807) is 36.5 Å². The van der Waals surface area contributed by atoms with E-state index in [1.165, 1.54) is 4.90 Å². The average Bonchev–Trinajstić information content (AvgIpc) is 2.62. The molecule has 3 rings (SSSR count). The number of likely N-dealkylation sites (tertiary alicyclic amines) is 1. The van der Waals surface area contributed by atoms with Gasteiger partial charge in [0.15, 0.2) is 5.82 Å². The molecule has 0 radical (unpaired) electrons. The van der Waals surface area contributed by atoms with Crippen LogP contribution in [-0.2, 0) is 0 Å². The molecule has 1 aromatic heterocycles. The van der Waals surface area contributed by atoms with Crippen molar-refractivity contribution in [3.05, 3.63) is 42.1 Å². The summed E-state index contributed by atoms with van der Waals surface area (Å²) in [6.07, 6.45) is 1.12. The number of piperidine rings is 1. The highest BCUT2D eigenvalue weighted by molar-refractivity contribution is 5.94. The molecule has 0 bridgehead atoms. The normalized spacial score (nSPS) is 16.5. The Balaban J connectivity index is 1.72. The lowest BCUT2D eigenvalue weighted by molar-refractivity contribution is -0.0494. The van der Waals surface area contributed by atoms with Crippen molar-refractivity contribution in [2.24, 2.45) is 0 Å². The number of hydrogen-bond acceptors (Lipinski definition) is 4. The first-order valence-electron chi connectivity index (χ1n) is 8.33. The Morgan fingerprint density at radius 2 is 1.88 bits per heavy atom. The summed E-state index contributed by atoms with van der Waals surface area (Å²) in [6.45, 7) is 2.92. The van der Waals surface area contributed by atoms with E-state index in [0.29, 0.717) is 11.4 Å². The number of hydrogen-bond donors (Lipinski definition) is 1. The highest BCUT2D eigenvalue weighted by atomic mass is 19.3. The Kier molecular flexibility index (Phi) is 4.92. The Hall–Kier alpha value is -2.57. The zero-order valence-corrected chi connectivity index (χ0v) is 14.0. The van der Waals surface area contributed by atoms with Crippen LogP contribution in [0.15, 0.2) is 36.5 Å². The maximum Gasteiger partial charge on any atom is 0.253 e. The zero-order chi connectivity index (χ0) is 17.9. The van der Waals surface area contributed by atoms with Gasteiger partial charge in [-0.25, -0.2) is 18.7 Å². The van der Waals surface area contributed by atoms with Gasteiger partial charge in [0.25, 0.3) is 11.8 Å². The van der Waals surface area contributed by atoms with Crippen molar-refractivity contribution in [3.8, 4) is 11.4 Å². The van der Waals surface area contributed by atoms with E-state index >= 15 is 0 Å². The summed E-state index contributed by atoms with van der Waals surface area (Å²) in [6, 6.07) is 8.71. The fraction of sp³-hybridized carbons (Fsp3) is 0.389. The molecule has 1 fully saturated rings. The molecule has 0 unspecified atom stereocenters. The molecule has 1 N–H and O–H groups in total. The average molecular weight is 346 g/mol. The molecule has 132 valence electrons. The molecule has 1 saturated heterocycles. The molecule has 1 aromatic carbocycles. The fourth-order valence-electron chi connectivity index (χ4n) is 2.76. The number of rotatable bonds is 4. The van der Waals surface area contributed by atoms with E-state index < -0.39 is 5.92 Å². The maximum absolute atomic E-state index is 13.2. The SMILES string of the molecule is CCNc1ccnc(-c2ccc(C(=O)N3CCC(F)(F)CC3)cc2)n1. The van der Waals surface area contributed by atoms with Gasteiger partial charge in [0.2, 0.25) is 0 Å². The number of halogens is 2. The van der Waals surface area contributed by atoms with E-state index in [4.69, 9.17) is 0 Å². The van der Waals surface area contributed by atoms with Gasteiger partial charge in [0.1, 0.15) is 5.82 Å². The maximum atomic E-state index is 13.2. The van der Waals surface area contributed by atoms with Gasteiger partial charge in [-0.2, -0.15) is 0 Å². The number of nitrogens with zero attached hydrogens (tertiary/aromatic N) is 3. The number of aromatic nitrogens is 2. The first kappa shape index (κ1) is 17.3. The van der Waals surface area contributed by atoms with E-state index in [9.17, 15) is 13.6 Å². The molecule has 2 aromatic rings. The van der Waals surface area contributed by atoms with Gasteiger partial charge in [0, 0.05) is 49.8 Å². The number of benzene rings is 1. The monoisotopic (exact) mass is 346 g/mol. The van der Waals surface area contributed by atoms with Crippen LogP contribution in [0.25, 0.3) is 11.4 Å². The van der Waals surface area contributed by atoms with E-state index in [-0.39, 0.29) is 31.8 Å². The van der Waals surface area contributed by atoms with Gasteiger partial charge >= 0.3 is 0 Å². The quantitative estimate of drug-likeness (QED) is 0.921. The lowest BCUT2D eigenvalue weighted by atomic mass is 10.0.